The number of halogens is 3. The summed E-state index contributed by atoms with van der Waals surface area (Å²) in [5.41, 5.74) is 0.000810. The molecule has 0 saturated carbocycles. The second-order valence-electron chi connectivity index (χ2n) is 2.63. The fourth-order valence-corrected chi connectivity index (χ4v) is 1.00. The molecule has 1 amide bonds. The number of carbonyl (C=O) groups excluding carboxylic acids is 1. The number of hydrogen-bond acceptors (Lipinski definition) is 3. The van der Waals surface area contributed by atoms with Crippen LogP contribution in [0, 0.1) is 11.3 Å². The fraction of sp³-hybridized carbons (Fsp3) is 0.111. The van der Waals surface area contributed by atoms with Gasteiger partial charge in [0.05, 0.1) is 11.3 Å². The average molecular weight is 230 g/mol. The molecule has 0 aliphatic heterocycles. The van der Waals surface area contributed by atoms with Crippen molar-refractivity contribution >= 4 is 12.1 Å². The lowest BCUT2D eigenvalue weighted by Gasteiger charge is -2.10. The van der Waals surface area contributed by atoms with Crippen molar-refractivity contribution in [3.63, 3.8) is 0 Å². The molecule has 4 nitrogen and oxygen atoms in total. The molecule has 0 aliphatic rings. The SMILES string of the molecule is N#Cc1ccc(OC(F)(F)F)cc1NC=O. The molecule has 0 saturated heterocycles. The van der Waals surface area contributed by atoms with E-state index in [2.05, 4.69) is 10.1 Å². The summed E-state index contributed by atoms with van der Waals surface area (Å²) in [4.78, 5) is 10.2. The van der Waals surface area contributed by atoms with Gasteiger partial charge in [-0.15, -0.1) is 13.2 Å². The van der Waals surface area contributed by atoms with E-state index in [0.29, 0.717) is 0 Å². The Morgan fingerprint density at radius 2 is 2.12 bits per heavy atom. The van der Waals surface area contributed by atoms with E-state index in [9.17, 15) is 18.0 Å². The second kappa shape index (κ2) is 4.53. The minimum Gasteiger partial charge on any atom is -0.406 e. The van der Waals surface area contributed by atoms with Gasteiger partial charge in [0, 0.05) is 6.07 Å². The molecule has 0 atom stereocenters. The number of alkyl halides is 3. The maximum absolute atomic E-state index is 11.9. The molecule has 0 heterocycles. The zero-order valence-electron chi connectivity index (χ0n) is 7.71. The van der Waals surface area contributed by atoms with Crippen LogP contribution in [0.4, 0.5) is 18.9 Å². The summed E-state index contributed by atoms with van der Waals surface area (Å²) in [7, 11) is 0. The predicted octanol–water partition coefficient (Wildman–Crippen LogP) is 2.03. The van der Waals surface area contributed by atoms with Gasteiger partial charge in [0.2, 0.25) is 6.41 Å². The van der Waals surface area contributed by atoms with Crippen LogP contribution in [0.2, 0.25) is 0 Å². The van der Waals surface area contributed by atoms with Crippen molar-refractivity contribution in [2.75, 3.05) is 5.32 Å². The highest BCUT2D eigenvalue weighted by atomic mass is 19.4. The number of rotatable bonds is 3. The summed E-state index contributed by atoms with van der Waals surface area (Å²) < 4.78 is 39.2. The van der Waals surface area contributed by atoms with Gasteiger partial charge in [-0.05, 0) is 12.1 Å². The van der Waals surface area contributed by atoms with Crippen molar-refractivity contribution in [3.8, 4) is 11.8 Å². The van der Waals surface area contributed by atoms with Crippen LogP contribution in [0.25, 0.3) is 0 Å². The third-order valence-corrected chi connectivity index (χ3v) is 1.56. The van der Waals surface area contributed by atoms with Gasteiger partial charge in [-0.2, -0.15) is 5.26 Å². The van der Waals surface area contributed by atoms with E-state index >= 15 is 0 Å². The summed E-state index contributed by atoms with van der Waals surface area (Å²) in [6.07, 6.45) is -4.56. The second-order valence-corrected chi connectivity index (χ2v) is 2.63. The molecule has 7 heteroatoms. The fourth-order valence-electron chi connectivity index (χ4n) is 1.00. The van der Waals surface area contributed by atoms with Gasteiger partial charge >= 0.3 is 6.36 Å². The van der Waals surface area contributed by atoms with E-state index in [1.54, 1.807) is 6.07 Å². The summed E-state index contributed by atoms with van der Waals surface area (Å²) >= 11 is 0. The molecule has 0 spiro atoms. The maximum atomic E-state index is 11.9. The Morgan fingerprint density at radius 3 is 2.62 bits per heavy atom. The van der Waals surface area contributed by atoms with Crippen LogP contribution in [-0.2, 0) is 4.79 Å². The Bertz CT molecular complexity index is 437. The third kappa shape index (κ3) is 3.16. The third-order valence-electron chi connectivity index (χ3n) is 1.56. The van der Waals surface area contributed by atoms with E-state index in [-0.39, 0.29) is 17.7 Å². The van der Waals surface area contributed by atoms with Crippen LogP contribution in [0.15, 0.2) is 18.2 Å². The van der Waals surface area contributed by atoms with Crippen LogP contribution in [-0.4, -0.2) is 12.8 Å². The summed E-state index contributed by atoms with van der Waals surface area (Å²) in [5.74, 6) is -0.504. The van der Waals surface area contributed by atoms with Crippen molar-refractivity contribution in [3.05, 3.63) is 23.8 Å². The Hall–Kier alpha value is -2.23. The van der Waals surface area contributed by atoms with E-state index < -0.39 is 12.1 Å². The van der Waals surface area contributed by atoms with Crippen molar-refractivity contribution in [1.29, 1.82) is 5.26 Å². The molecule has 16 heavy (non-hydrogen) atoms. The van der Waals surface area contributed by atoms with E-state index in [4.69, 9.17) is 5.26 Å². The molecule has 1 N–H and O–H groups in total. The molecule has 1 aromatic carbocycles. The number of carbonyl (C=O) groups is 1. The first kappa shape index (κ1) is 11.8. The summed E-state index contributed by atoms with van der Waals surface area (Å²) in [6.45, 7) is 0. The monoisotopic (exact) mass is 230 g/mol. The largest absolute Gasteiger partial charge is 0.573 e. The number of nitriles is 1. The minimum atomic E-state index is -4.81. The molecule has 0 unspecified atom stereocenters. The maximum Gasteiger partial charge on any atom is 0.573 e. The molecule has 1 rings (SSSR count). The Balaban J connectivity index is 3.03. The average Bonchev–Trinajstić information content (AvgIpc) is 2.16. The van der Waals surface area contributed by atoms with Crippen molar-refractivity contribution in [2.24, 2.45) is 0 Å². The Labute approximate surface area is 88.2 Å². The van der Waals surface area contributed by atoms with Gasteiger partial charge in [-0.3, -0.25) is 4.79 Å². The first-order valence-electron chi connectivity index (χ1n) is 3.96. The van der Waals surface area contributed by atoms with E-state index in [1.165, 1.54) is 0 Å². The first-order valence-corrected chi connectivity index (χ1v) is 3.96. The predicted molar refractivity (Wildman–Crippen MR) is 47.5 cm³/mol. The smallest absolute Gasteiger partial charge is 0.406 e. The minimum absolute atomic E-state index is 0.0424. The highest BCUT2D eigenvalue weighted by molar-refractivity contribution is 5.76. The summed E-state index contributed by atoms with van der Waals surface area (Å²) in [5, 5.41) is 10.7. The van der Waals surface area contributed by atoms with Gasteiger partial charge in [0.15, 0.2) is 0 Å². The number of nitrogens with zero attached hydrogens (tertiary/aromatic N) is 1. The molecular formula is C9H5F3N2O2. The van der Waals surface area contributed by atoms with Gasteiger partial charge in [-0.25, -0.2) is 0 Å². The van der Waals surface area contributed by atoms with Gasteiger partial charge in [0.1, 0.15) is 11.8 Å². The quantitative estimate of drug-likeness (QED) is 0.808. The highest BCUT2D eigenvalue weighted by Gasteiger charge is 2.31. The zero-order chi connectivity index (χ0) is 12.2. The highest BCUT2D eigenvalue weighted by Crippen LogP contribution is 2.27. The van der Waals surface area contributed by atoms with Gasteiger partial charge in [0.25, 0.3) is 0 Å². The molecule has 0 aromatic heterocycles. The number of hydrogen-bond donors (Lipinski definition) is 1. The lowest BCUT2D eigenvalue weighted by Crippen LogP contribution is -2.17. The first-order chi connectivity index (χ1) is 7.46. The number of amides is 1. The number of anilines is 1. The molecule has 0 aliphatic carbocycles. The number of nitrogens with one attached hydrogen (secondary N) is 1. The van der Waals surface area contributed by atoms with E-state index in [0.717, 1.165) is 18.2 Å². The topological polar surface area (TPSA) is 62.1 Å². The normalized spacial score (nSPS) is 10.4. The number of benzene rings is 1. The standard InChI is InChI=1S/C9H5F3N2O2/c10-9(11,12)16-7-2-1-6(4-13)8(3-7)14-5-15/h1-3,5H,(H,14,15). The van der Waals surface area contributed by atoms with Crippen LogP contribution >= 0.6 is 0 Å². The molecular weight excluding hydrogens is 225 g/mol. The Kier molecular flexibility index (Phi) is 3.35. The van der Waals surface area contributed by atoms with Crippen LogP contribution in [0.3, 0.4) is 0 Å². The summed E-state index contributed by atoms with van der Waals surface area (Å²) in [6, 6.07) is 4.74. The van der Waals surface area contributed by atoms with Gasteiger partial charge in [-0.1, -0.05) is 0 Å². The molecule has 0 bridgehead atoms. The van der Waals surface area contributed by atoms with Gasteiger partial charge < -0.3 is 10.1 Å². The molecule has 0 fully saturated rings. The van der Waals surface area contributed by atoms with Crippen molar-refractivity contribution in [1.82, 2.24) is 0 Å². The lowest BCUT2D eigenvalue weighted by atomic mass is 10.2. The van der Waals surface area contributed by atoms with Crippen LogP contribution in [0.1, 0.15) is 5.56 Å². The van der Waals surface area contributed by atoms with E-state index in [1.807, 2.05) is 0 Å². The Morgan fingerprint density at radius 1 is 1.44 bits per heavy atom. The van der Waals surface area contributed by atoms with Crippen LogP contribution < -0.4 is 10.1 Å². The van der Waals surface area contributed by atoms with Crippen molar-refractivity contribution in [2.45, 2.75) is 6.36 Å². The molecule has 84 valence electrons. The number of ether oxygens (including phenoxy) is 1. The molecule has 1 aromatic rings. The zero-order valence-corrected chi connectivity index (χ0v) is 7.71. The lowest BCUT2D eigenvalue weighted by molar-refractivity contribution is -0.274. The van der Waals surface area contributed by atoms with Crippen LogP contribution in [0.5, 0.6) is 5.75 Å². The van der Waals surface area contributed by atoms with Crippen molar-refractivity contribution < 1.29 is 22.7 Å². The molecule has 0 radical (unpaired) electrons.